The molecule has 0 bridgehead atoms. The van der Waals surface area contributed by atoms with Gasteiger partial charge in [-0.3, -0.25) is 9.36 Å². The van der Waals surface area contributed by atoms with Crippen LogP contribution >= 0.6 is 35.0 Å². The molecule has 1 aromatic carbocycles. The number of thioether (sulfide) groups is 1. The molecule has 6 nitrogen and oxygen atoms in total. The van der Waals surface area contributed by atoms with Crippen LogP contribution in [0.5, 0.6) is 0 Å². The van der Waals surface area contributed by atoms with E-state index in [0.29, 0.717) is 21.9 Å². The van der Waals surface area contributed by atoms with Gasteiger partial charge in [-0.2, -0.15) is 0 Å². The van der Waals surface area contributed by atoms with Crippen molar-refractivity contribution in [1.29, 1.82) is 0 Å². The fourth-order valence-corrected chi connectivity index (χ4v) is 3.17. The number of hydrogen-bond acceptors (Lipinski definition) is 5. The van der Waals surface area contributed by atoms with E-state index in [1.807, 2.05) is 31.2 Å². The number of amides is 1. The topological polar surface area (TPSA) is 72.7 Å². The second kappa shape index (κ2) is 8.53. The van der Waals surface area contributed by atoms with Crippen molar-refractivity contribution < 1.29 is 4.79 Å². The van der Waals surface area contributed by atoms with Crippen molar-refractivity contribution in [2.24, 2.45) is 0 Å². The first kappa shape index (κ1) is 18.7. The number of aryl methyl sites for hydroxylation is 1. The van der Waals surface area contributed by atoms with Crippen molar-refractivity contribution in [3.63, 3.8) is 0 Å². The van der Waals surface area contributed by atoms with E-state index >= 15 is 0 Å². The van der Waals surface area contributed by atoms with E-state index in [1.165, 1.54) is 11.8 Å². The van der Waals surface area contributed by atoms with E-state index in [9.17, 15) is 4.79 Å². The number of hydrogen-bond donors (Lipinski definition) is 1. The number of carbonyl (C=O) groups is 1. The molecule has 0 aliphatic carbocycles. The third-order valence-corrected chi connectivity index (χ3v) is 5.13. The second-order valence-corrected chi connectivity index (χ2v) is 7.21. The lowest BCUT2D eigenvalue weighted by molar-refractivity contribution is -0.118. The minimum atomic E-state index is -0.110. The van der Waals surface area contributed by atoms with E-state index in [0.717, 1.165) is 16.8 Å². The van der Waals surface area contributed by atoms with Crippen molar-refractivity contribution in [3.8, 4) is 5.69 Å². The molecule has 1 amide bonds. The Morgan fingerprint density at radius 2 is 2.12 bits per heavy atom. The van der Waals surface area contributed by atoms with Crippen LogP contribution in [0.1, 0.15) is 11.1 Å². The first-order chi connectivity index (χ1) is 12.5. The minimum absolute atomic E-state index is 0.110. The van der Waals surface area contributed by atoms with Crippen molar-refractivity contribution in [2.75, 3.05) is 5.75 Å². The summed E-state index contributed by atoms with van der Waals surface area (Å²) >= 11 is 13.2. The Bertz CT molecular complexity index is 914. The summed E-state index contributed by atoms with van der Waals surface area (Å²) in [5.74, 6) is 0.112. The molecule has 0 atom stereocenters. The van der Waals surface area contributed by atoms with Gasteiger partial charge in [-0.25, -0.2) is 4.98 Å². The average Bonchev–Trinajstić information content (AvgIpc) is 3.10. The van der Waals surface area contributed by atoms with Gasteiger partial charge >= 0.3 is 0 Å². The number of pyridine rings is 1. The highest BCUT2D eigenvalue weighted by Crippen LogP contribution is 2.23. The fourth-order valence-electron chi connectivity index (χ4n) is 2.12. The van der Waals surface area contributed by atoms with Crippen LogP contribution in [-0.4, -0.2) is 31.4 Å². The molecular weight excluding hydrogens is 393 g/mol. The van der Waals surface area contributed by atoms with Gasteiger partial charge in [-0.1, -0.05) is 47.1 Å². The smallest absolute Gasteiger partial charge is 0.230 e. The lowest BCUT2D eigenvalue weighted by Gasteiger charge is -2.08. The average molecular weight is 408 g/mol. The van der Waals surface area contributed by atoms with E-state index in [4.69, 9.17) is 23.2 Å². The molecule has 1 N–H and O–H groups in total. The number of nitrogens with one attached hydrogen (secondary N) is 1. The maximum Gasteiger partial charge on any atom is 0.230 e. The molecule has 3 rings (SSSR count). The van der Waals surface area contributed by atoms with Gasteiger partial charge in [0.1, 0.15) is 11.5 Å². The molecule has 0 saturated carbocycles. The third kappa shape index (κ3) is 4.75. The molecule has 0 radical (unpaired) electrons. The van der Waals surface area contributed by atoms with Crippen LogP contribution in [0.4, 0.5) is 0 Å². The summed E-state index contributed by atoms with van der Waals surface area (Å²) in [6, 6.07) is 9.21. The van der Waals surface area contributed by atoms with Gasteiger partial charge in [0, 0.05) is 17.8 Å². The summed E-state index contributed by atoms with van der Waals surface area (Å²) in [4.78, 5) is 16.0. The standard InChI is InChI=1S/C17H15Cl2N5OS/c1-11-2-4-13(6-14(11)18)24-10-22-23-17(24)26-9-16(25)21-8-12-3-5-15(19)20-7-12/h2-7,10H,8-9H2,1H3,(H,21,25). The molecule has 0 fully saturated rings. The lowest BCUT2D eigenvalue weighted by atomic mass is 10.2. The van der Waals surface area contributed by atoms with Gasteiger partial charge in [0.05, 0.1) is 11.4 Å². The molecule has 0 aliphatic heterocycles. The van der Waals surface area contributed by atoms with Gasteiger partial charge in [0.15, 0.2) is 5.16 Å². The molecule has 2 aromatic heterocycles. The van der Waals surface area contributed by atoms with E-state index in [2.05, 4.69) is 20.5 Å². The Balaban J connectivity index is 1.58. The quantitative estimate of drug-likeness (QED) is 0.498. The maximum atomic E-state index is 12.1. The van der Waals surface area contributed by atoms with E-state index in [1.54, 1.807) is 23.2 Å². The van der Waals surface area contributed by atoms with Crippen LogP contribution in [0.15, 0.2) is 48.0 Å². The summed E-state index contributed by atoms with van der Waals surface area (Å²) in [7, 11) is 0. The van der Waals surface area contributed by atoms with Crippen molar-refractivity contribution >= 4 is 40.9 Å². The summed E-state index contributed by atoms with van der Waals surface area (Å²) in [5, 5.41) is 12.5. The fraction of sp³-hybridized carbons (Fsp3) is 0.176. The van der Waals surface area contributed by atoms with Crippen molar-refractivity contribution in [3.05, 3.63) is 64.2 Å². The van der Waals surface area contributed by atoms with E-state index in [-0.39, 0.29) is 11.7 Å². The zero-order chi connectivity index (χ0) is 18.5. The molecule has 26 heavy (non-hydrogen) atoms. The van der Waals surface area contributed by atoms with Gasteiger partial charge in [-0.05, 0) is 36.2 Å². The van der Waals surface area contributed by atoms with Crippen LogP contribution < -0.4 is 5.32 Å². The first-order valence-electron chi connectivity index (χ1n) is 7.69. The Kier molecular flexibility index (Phi) is 6.13. The molecule has 0 spiro atoms. The predicted molar refractivity (Wildman–Crippen MR) is 103 cm³/mol. The van der Waals surface area contributed by atoms with Gasteiger partial charge in [-0.15, -0.1) is 10.2 Å². The molecule has 0 unspecified atom stereocenters. The Morgan fingerprint density at radius 3 is 2.85 bits per heavy atom. The number of carbonyl (C=O) groups excluding carboxylic acids is 1. The lowest BCUT2D eigenvalue weighted by Crippen LogP contribution is -2.24. The summed E-state index contributed by atoms with van der Waals surface area (Å²) in [6.07, 6.45) is 3.23. The summed E-state index contributed by atoms with van der Waals surface area (Å²) in [6.45, 7) is 2.33. The molecule has 3 aromatic rings. The maximum absolute atomic E-state index is 12.1. The highest BCUT2D eigenvalue weighted by atomic mass is 35.5. The first-order valence-corrected chi connectivity index (χ1v) is 9.43. The molecular formula is C17H15Cl2N5OS. The van der Waals surface area contributed by atoms with Crippen LogP contribution in [0.25, 0.3) is 5.69 Å². The molecule has 0 saturated heterocycles. The zero-order valence-corrected chi connectivity index (χ0v) is 16.1. The number of benzene rings is 1. The normalized spacial score (nSPS) is 10.7. The van der Waals surface area contributed by atoms with Crippen molar-refractivity contribution in [1.82, 2.24) is 25.1 Å². The second-order valence-electron chi connectivity index (χ2n) is 5.47. The summed E-state index contributed by atoms with van der Waals surface area (Å²) in [5.41, 5.74) is 2.72. The molecule has 9 heteroatoms. The largest absolute Gasteiger partial charge is 0.351 e. The van der Waals surface area contributed by atoms with E-state index < -0.39 is 0 Å². The Hall–Kier alpha value is -2.09. The van der Waals surface area contributed by atoms with Gasteiger partial charge in [0.25, 0.3) is 0 Å². The van der Waals surface area contributed by atoms with Crippen LogP contribution in [0, 0.1) is 6.92 Å². The summed E-state index contributed by atoms with van der Waals surface area (Å²) < 4.78 is 1.80. The van der Waals surface area contributed by atoms with Gasteiger partial charge < -0.3 is 5.32 Å². The number of rotatable bonds is 6. The predicted octanol–water partition coefficient (Wildman–Crippen LogP) is 3.69. The van der Waals surface area contributed by atoms with Gasteiger partial charge in [0.2, 0.25) is 5.91 Å². The van der Waals surface area contributed by atoms with Crippen molar-refractivity contribution in [2.45, 2.75) is 18.6 Å². The molecule has 2 heterocycles. The highest BCUT2D eigenvalue weighted by molar-refractivity contribution is 7.99. The zero-order valence-electron chi connectivity index (χ0n) is 13.8. The monoisotopic (exact) mass is 407 g/mol. The minimum Gasteiger partial charge on any atom is -0.351 e. The Labute approximate surface area is 164 Å². The van der Waals surface area contributed by atoms with Crippen LogP contribution in [0.2, 0.25) is 10.2 Å². The number of halogens is 2. The molecule has 134 valence electrons. The number of aromatic nitrogens is 4. The van der Waals surface area contributed by atoms with Crippen LogP contribution in [0.3, 0.4) is 0 Å². The number of nitrogens with zero attached hydrogens (tertiary/aromatic N) is 4. The molecule has 0 aliphatic rings. The third-order valence-electron chi connectivity index (χ3n) is 3.56. The SMILES string of the molecule is Cc1ccc(-n2cnnc2SCC(=O)NCc2ccc(Cl)nc2)cc1Cl. The highest BCUT2D eigenvalue weighted by Gasteiger charge is 2.11. The Morgan fingerprint density at radius 1 is 1.27 bits per heavy atom. The van der Waals surface area contributed by atoms with Crippen LogP contribution in [-0.2, 0) is 11.3 Å².